The molecule has 1 aromatic heterocycles. The van der Waals surface area contributed by atoms with Gasteiger partial charge in [-0.05, 0) is 11.6 Å². The SMILES string of the molecule is CCc1noc(CNC(=O)CSCc2ccccc2Cl)n1. The van der Waals surface area contributed by atoms with E-state index in [4.69, 9.17) is 16.1 Å². The number of thioether (sulfide) groups is 1. The van der Waals surface area contributed by atoms with Crippen molar-refractivity contribution in [3.05, 3.63) is 46.6 Å². The molecule has 1 aromatic carbocycles. The van der Waals surface area contributed by atoms with Crippen LogP contribution in [0.4, 0.5) is 0 Å². The molecule has 0 radical (unpaired) electrons. The second-order valence-corrected chi connectivity index (χ2v) is 5.71. The van der Waals surface area contributed by atoms with Crippen LogP contribution in [0.5, 0.6) is 0 Å². The van der Waals surface area contributed by atoms with Crippen LogP contribution in [0.2, 0.25) is 5.02 Å². The molecule has 21 heavy (non-hydrogen) atoms. The highest BCUT2D eigenvalue weighted by Gasteiger charge is 2.07. The van der Waals surface area contributed by atoms with Crippen molar-refractivity contribution in [2.75, 3.05) is 5.75 Å². The van der Waals surface area contributed by atoms with Crippen LogP contribution >= 0.6 is 23.4 Å². The summed E-state index contributed by atoms with van der Waals surface area (Å²) >= 11 is 7.57. The summed E-state index contributed by atoms with van der Waals surface area (Å²) in [6.45, 7) is 2.21. The third-order valence-corrected chi connectivity index (χ3v) is 4.06. The molecule has 1 amide bonds. The first-order valence-corrected chi connectivity index (χ1v) is 8.11. The molecule has 0 fully saturated rings. The summed E-state index contributed by atoms with van der Waals surface area (Å²) in [6.07, 6.45) is 0.713. The lowest BCUT2D eigenvalue weighted by Crippen LogP contribution is -2.24. The first kappa shape index (κ1) is 15.9. The Balaban J connectivity index is 1.69. The van der Waals surface area contributed by atoms with Crippen molar-refractivity contribution in [1.82, 2.24) is 15.5 Å². The molecule has 1 heterocycles. The Hall–Kier alpha value is -1.53. The van der Waals surface area contributed by atoms with Crippen molar-refractivity contribution >= 4 is 29.3 Å². The Morgan fingerprint density at radius 3 is 2.95 bits per heavy atom. The van der Waals surface area contributed by atoms with Crippen LogP contribution in [0.3, 0.4) is 0 Å². The number of amides is 1. The number of rotatable bonds is 7. The molecular formula is C14H16ClN3O2S. The molecule has 7 heteroatoms. The van der Waals surface area contributed by atoms with Gasteiger partial charge in [-0.1, -0.05) is 41.9 Å². The van der Waals surface area contributed by atoms with E-state index in [1.807, 2.05) is 31.2 Å². The van der Waals surface area contributed by atoms with Gasteiger partial charge in [0.2, 0.25) is 11.8 Å². The molecule has 0 aliphatic rings. The standard InChI is InChI=1S/C14H16ClN3O2S/c1-2-12-17-14(20-18-12)7-16-13(19)9-21-8-10-5-3-4-6-11(10)15/h3-6H,2,7-9H2,1H3,(H,16,19). The van der Waals surface area contributed by atoms with E-state index < -0.39 is 0 Å². The number of halogens is 1. The van der Waals surface area contributed by atoms with E-state index in [2.05, 4.69) is 15.5 Å². The minimum Gasteiger partial charge on any atom is -0.346 e. The van der Waals surface area contributed by atoms with Gasteiger partial charge < -0.3 is 9.84 Å². The van der Waals surface area contributed by atoms with Crippen LogP contribution in [0.15, 0.2) is 28.8 Å². The molecule has 5 nitrogen and oxygen atoms in total. The molecular weight excluding hydrogens is 310 g/mol. The lowest BCUT2D eigenvalue weighted by atomic mass is 10.2. The van der Waals surface area contributed by atoms with Gasteiger partial charge in [0.05, 0.1) is 12.3 Å². The van der Waals surface area contributed by atoms with Gasteiger partial charge in [-0.25, -0.2) is 0 Å². The zero-order valence-corrected chi connectivity index (χ0v) is 13.2. The smallest absolute Gasteiger partial charge is 0.246 e. The van der Waals surface area contributed by atoms with E-state index >= 15 is 0 Å². The van der Waals surface area contributed by atoms with Crippen LogP contribution < -0.4 is 5.32 Å². The molecule has 0 atom stereocenters. The Labute approximate surface area is 132 Å². The van der Waals surface area contributed by atoms with Crippen molar-refractivity contribution in [1.29, 1.82) is 0 Å². The van der Waals surface area contributed by atoms with Gasteiger partial charge in [0.25, 0.3) is 0 Å². The number of hydrogen-bond donors (Lipinski definition) is 1. The van der Waals surface area contributed by atoms with E-state index in [0.29, 0.717) is 29.6 Å². The number of aryl methyl sites for hydroxylation is 1. The van der Waals surface area contributed by atoms with Crippen LogP contribution in [0.1, 0.15) is 24.2 Å². The maximum Gasteiger partial charge on any atom is 0.246 e. The normalized spacial score (nSPS) is 10.6. The Morgan fingerprint density at radius 2 is 2.24 bits per heavy atom. The Bertz CT molecular complexity index is 603. The zero-order chi connectivity index (χ0) is 15.1. The second-order valence-electron chi connectivity index (χ2n) is 4.32. The molecule has 0 saturated carbocycles. The van der Waals surface area contributed by atoms with E-state index in [1.165, 1.54) is 11.8 Å². The molecule has 1 N–H and O–H groups in total. The van der Waals surface area contributed by atoms with Gasteiger partial charge in [0.1, 0.15) is 0 Å². The number of carbonyl (C=O) groups excluding carboxylic acids is 1. The van der Waals surface area contributed by atoms with Crippen molar-refractivity contribution in [3.8, 4) is 0 Å². The second kappa shape index (κ2) is 8.05. The summed E-state index contributed by atoms with van der Waals surface area (Å²) in [5.41, 5.74) is 1.03. The molecule has 0 spiro atoms. The number of aromatic nitrogens is 2. The fourth-order valence-corrected chi connectivity index (χ4v) is 2.74. The summed E-state index contributed by atoms with van der Waals surface area (Å²) in [5, 5.41) is 7.24. The zero-order valence-electron chi connectivity index (χ0n) is 11.6. The average molecular weight is 326 g/mol. The molecule has 0 unspecified atom stereocenters. The van der Waals surface area contributed by atoms with Crippen LogP contribution in [-0.4, -0.2) is 21.8 Å². The molecule has 0 aliphatic carbocycles. The highest BCUT2D eigenvalue weighted by atomic mass is 35.5. The number of nitrogens with one attached hydrogen (secondary N) is 1. The number of carbonyl (C=O) groups is 1. The molecule has 0 bridgehead atoms. The maximum atomic E-state index is 11.7. The maximum absolute atomic E-state index is 11.7. The van der Waals surface area contributed by atoms with E-state index in [9.17, 15) is 4.79 Å². The van der Waals surface area contributed by atoms with E-state index in [0.717, 1.165) is 10.6 Å². The lowest BCUT2D eigenvalue weighted by Gasteiger charge is -2.04. The first-order chi connectivity index (χ1) is 10.2. The van der Waals surface area contributed by atoms with Gasteiger partial charge in [-0.15, -0.1) is 11.8 Å². The van der Waals surface area contributed by atoms with Crippen LogP contribution in [0.25, 0.3) is 0 Å². The molecule has 2 aromatic rings. The summed E-state index contributed by atoms with van der Waals surface area (Å²) in [5.74, 6) is 2.07. The summed E-state index contributed by atoms with van der Waals surface area (Å²) in [6, 6.07) is 7.62. The predicted octanol–water partition coefficient (Wildman–Crippen LogP) is 2.84. The molecule has 0 saturated heterocycles. The third kappa shape index (κ3) is 5.06. The number of nitrogens with zero attached hydrogens (tertiary/aromatic N) is 2. The highest BCUT2D eigenvalue weighted by Crippen LogP contribution is 2.20. The third-order valence-electron chi connectivity index (χ3n) is 2.71. The average Bonchev–Trinajstić information content (AvgIpc) is 2.95. The summed E-state index contributed by atoms with van der Waals surface area (Å²) in [7, 11) is 0. The predicted molar refractivity (Wildman–Crippen MR) is 83.1 cm³/mol. The van der Waals surface area contributed by atoms with Gasteiger partial charge in [-0.3, -0.25) is 4.79 Å². The van der Waals surface area contributed by atoms with Crippen molar-refractivity contribution in [2.24, 2.45) is 0 Å². The van der Waals surface area contributed by atoms with E-state index in [-0.39, 0.29) is 12.5 Å². The molecule has 112 valence electrons. The minimum atomic E-state index is -0.0664. The number of hydrogen-bond acceptors (Lipinski definition) is 5. The quantitative estimate of drug-likeness (QED) is 0.847. The Morgan fingerprint density at radius 1 is 1.43 bits per heavy atom. The fourth-order valence-electron chi connectivity index (χ4n) is 1.60. The van der Waals surface area contributed by atoms with Gasteiger partial charge in [-0.2, -0.15) is 4.98 Å². The van der Waals surface area contributed by atoms with Gasteiger partial charge >= 0.3 is 0 Å². The lowest BCUT2D eigenvalue weighted by molar-refractivity contribution is -0.118. The molecule has 0 aliphatic heterocycles. The fraction of sp³-hybridized carbons (Fsp3) is 0.357. The summed E-state index contributed by atoms with van der Waals surface area (Å²) in [4.78, 5) is 15.8. The van der Waals surface area contributed by atoms with Crippen LogP contribution in [0, 0.1) is 0 Å². The van der Waals surface area contributed by atoms with E-state index in [1.54, 1.807) is 0 Å². The summed E-state index contributed by atoms with van der Waals surface area (Å²) < 4.78 is 5.00. The minimum absolute atomic E-state index is 0.0664. The van der Waals surface area contributed by atoms with Crippen molar-refractivity contribution in [3.63, 3.8) is 0 Å². The van der Waals surface area contributed by atoms with Gasteiger partial charge in [0, 0.05) is 17.2 Å². The monoisotopic (exact) mass is 325 g/mol. The van der Waals surface area contributed by atoms with Crippen LogP contribution in [-0.2, 0) is 23.5 Å². The Kier molecular flexibility index (Phi) is 6.07. The highest BCUT2D eigenvalue weighted by molar-refractivity contribution is 7.99. The topological polar surface area (TPSA) is 68.0 Å². The van der Waals surface area contributed by atoms with Gasteiger partial charge in [0.15, 0.2) is 5.82 Å². The van der Waals surface area contributed by atoms with Crippen molar-refractivity contribution < 1.29 is 9.32 Å². The largest absolute Gasteiger partial charge is 0.346 e. The molecule has 2 rings (SSSR count). The van der Waals surface area contributed by atoms with Crippen molar-refractivity contribution in [2.45, 2.75) is 25.6 Å². The first-order valence-electron chi connectivity index (χ1n) is 6.58. The number of benzene rings is 1.